The largest absolute Gasteiger partial charge is 0.586 e. The van der Waals surface area contributed by atoms with Crippen LogP contribution in [0.5, 0.6) is 11.5 Å². The van der Waals surface area contributed by atoms with E-state index in [0.717, 1.165) is 11.8 Å². The molecular weight excluding hydrogens is 290 g/mol. The van der Waals surface area contributed by atoms with Gasteiger partial charge in [-0.15, -0.1) is 8.78 Å². The molecule has 0 aliphatic carbocycles. The molecule has 0 amide bonds. The predicted octanol–water partition coefficient (Wildman–Crippen LogP) is 2.55. The minimum Gasteiger partial charge on any atom is -0.395 e. The first-order valence-electron chi connectivity index (χ1n) is 5.31. The molecule has 0 atom stereocenters. The molecule has 1 aromatic heterocycles. The van der Waals surface area contributed by atoms with Crippen molar-refractivity contribution in [2.24, 2.45) is 0 Å². The molecule has 1 aromatic carbocycles. The second-order valence-corrected chi connectivity index (χ2v) is 4.60. The van der Waals surface area contributed by atoms with E-state index >= 15 is 0 Å². The van der Waals surface area contributed by atoms with Crippen LogP contribution in [0.15, 0.2) is 23.1 Å². The molecule has 0 bridgehead atoms. The Kier molecular flexibility index (Phi) is 2.69. The van der Waals surface area contributed by atoms with Crippen molar-refractivity contribution in [3.8, 4) is 28.2 Å². The number of nitrogens with zero attached hydrogens (tertiary/aromatic N) is 2. The second kappa shape index (κ2) is 4.28. The van der Waals surface area contributed by atoms with Gasteiger partial charge in [-0.3, -0.25) is 5.10 Å². The summed E-state index contributed by atoms with van der Waals surface area (Å²) in [5.74, 6) is -0.107. The van der Waals surface area contributed by atoms with Gasteiger partial charge in [-0.1, -0.05) is 6.07 Å². The number of para-hydroxylation sites is 1. The Morgan fingerprint density at radius 1 is 1.40 bits per heavy atom. The standard InChI is InChI=1S/C11H6F2N4O2S/c12-11(13)18-6-3-1-2-5(8(6)19-11)7-9(20-4-14)10(15)17-16-7/h1-3H,(H3,15,16,17). The van der Waals surface area contributed by atoms with Crippen molar-refractivity contribution in [1.82, 2.24) is 10.2 Å². The number of halogens is 2. The predicted molar refractivity (Wildman–Crippen MR) is 66.1 cm³/mol. The molecule has 6 nitrogen and oxygen atoms in total. The summed E-state index contributed by atoms with van der Waals surface area (Å²) in [5, 5.41) is 17.0. The van der Waals surface area contributed by atoms with Crippen LogP contribution in [0.4, 0.5) is 14.6 Å². The van der Waals surface area contributed by atoms with Crippen molar-refractivity contribution in [3.05, 3.63) is 18.2 Å². The molecule has 2 aromatic rings. The number of nitriles is 1. The maximum Gasteiger partial charge on any atom is 0.586 e. The number of fused-ring (bicyclic) bond motifs is 1. The number of thiocyanates is 1. The lowest BCUT2D eigenvalue weighted by atomic mass is 10.1. The summed E-state index contributed by atoms with van der Waals surface area (Å²) in [6.45, 7) is 0. The first-order valence-corrected chi connectivity index (χ1v) is 6.12. The Morgan fingerprint density at radius 2 is 2.20 bits per heavy atom. The molecule has 1 aliphatic heterocycles. The van der Waals surface area contributed by atoms with Gasteiger partial charge in [-0.2, -0.15) is 10.4 Å². The van der Waals surface area contributed by atoms with E-state index in [4.69, 9.17) is 11.0 Å². The summed E-state index contributed by atoms with van der Waals surface area (Å²) in [5.41, 5.74) is 6.25. The third kappa shape index (κ3) is 1.90. The fourth-order valence-corrected chi connectivity index (χ4v) is 2.34. The fourth-order valence-electron chi connectivity index (χ4n) is 1.84. The quantitative estimate of drug-likeness (QED) is 0.653. The number of thioether (sulfide) groups is 1. The lowest BCUT2D eigenvalue weighted by molar-refractivity contribution is -0.286. The fraction of sp³-hybridized carbons (Fsp3) is 0.0909. The number of hydrogen-bond donors (Lipinski definition) is 2. The monoisotopic (exact) mass is 296 g/mol. The van der Waals surface area contributed by atoms with E-state index in [1.165, 1.54) is 18.2 Å². The number of nitrogens with one attached hydrogen (secondary N) is 1. The van der Waals surface area contributed by atoms with Crippen LogP contribution in [0.2, 0.25) is 0 Å². The van der Waals surface area contributed by atoms with Gasteiger partial charge in [0.15, 0.2) is 17.3 Å². The van der Waals surface area contributed by atoms with Gasteiger partial charge < -0.3 is 15.2 Å². The Labute approximate surface area is 115 Å². The lowest BCUT2D eigenvalue weighted by Crippen LogP contribution is -2.26. The van der Waals surface area contributed by atoms with E-state index in [0.29, 0.717) is 16.2 Å². The zero-order valence-corrected chi connectivity index (χ0v) is 10.5. The maximum absolute atomic E-state index is 13.1. The molecule has 0 spiro atoms. The van der Waals surface area contributed by atoms with Gasteiger partial charge in [0.05, 0.1) is 10.6 Å². The summed E-state index contributed by atoms with van der Waals surface area (Å²) in [7, 11) is 0. The third-order valence-corrected chi connectivity index (χ3v) is 3.30. The van der Waals surface area contributed by atoms with E-state index in [-0.39, 0.29) is 17.3 Å². The molecule has 0 saturated carbocycles. The highest BCUT2D eigenvalue weighted by Crippen LogP contribution is 2.48. The van der Waals surface area contributed by atoms with Crippen LogP contribution >= 0.6 is 11.8 Å². The number of H-pyrrole nitrogens is 1. The Bertz CT molecular complexity index is 726. The summed E-state index contributed by atoms with van der Waals surface area (Å²) in [4.78, 5) is 0.347. The zero-order chi connectivity index (χ0) is 14.3. The topological polar surface area (TPSA) is 97.0 Å². The van der Waals surface area contributed by atoms with Crippen LogP contribution in [0.25, 0.3) is 11.3 Å². The van der Waals surface area contributed by atoms with Gasteiger partial charge >= 0.3 is 6.29 Å². The first kappa shape index (κ1) is 12.6. The van der Waals surface area contributed by atoms with Crippen LogP contribution < -0.4 is 15.2 Å². The summed E-state index contributed by atoms with van der Waals surface area (Å²) >= 11 is 0.778. The van der Waals surface area contributed by atoms with E-state index in [2.05, 4.69) is 19.7 Å². The average molecular weight is 296 g/mol. The van der Waals surface area contributed by atoms with Crippen molar-refractivity contribution in [2.45, 2.75) is 11.2 Å². The zero-order valence-electron chi connectivity index (χ0n) is 9.68. The average Bonchev–Trinajstić information content (AvgIpc) is 2.89. The van der Waals surface area contributed by atoms with Crippen LogP contribution in [-0.4, -0.2) is 16.5 Å². The number of ether oxygens (including phenoxy) is 2. The number of benzene rings is 1. The minimum atomic E-state index is -3.72. The van der Waals surface area contributed by atoms with Crippen molar-refractivity contribution >= 4 is 17.6 Å². The molecule has 3 N–H and O–H groups in total. The highest BCUT2D eigenvalue weighted by atomic mass is 32.2. The number of nitrogens with two attached hydrogens (primary N) is 1. The molecule has 0 fully saturated rings. The van der Waals surface area contributed by atoms with Crippen LogP contribution in [0, 0.1) is 10.7 Å². The molecule has 2 heterocycles. The van der Waals surface area contributed by atoms with E-state index in [1.807, 2.05) is 5.40 Å². The van der Waals surface area contributed by atoms with Crippen LogP contribution in [0.1, 0.15) is 0 Å². The molecule has 1 aliphatic rings. The molecular formula is C11H6F2N4O2S. The van der Waals surface area contributed by atoms with Crippen LogP contribution in [-0.2, 0) is 0 Å². The third-order valence-electron chi connectivity index (χ3n) is 2.59. The van der Waals surface area contributed by atoms with Crippen molar-refractivity contribution in [1.29, 1.82) is 5.26 Å². The molecule has 0 saturated heterocycles. The molecule has 3 rings (SSSR count). The maximum atomic E-state index is 13.1. The highest BCUT2D eigenvalue weighted by molar-refractivity contribution is 8.04. The van der Waals surface area contributed by atoms with Gasteiger partial charge in [0, 0.05) is 5.56 Å². The number of hydrogen-bond acceptors (Lipinski definition) is 6. The number of rotatable bonds is 2. The van der Waals surface area contributed by atoms with Crippen molar-refractivity contribution in [2.75, 3.05) is 5.73 Å². The Hall–Kier alpha value is -2.47. The smallest absolute Gasteiger partial charge is 0.395 e. The van der Waals surface area contributed by atoms with E-state index in [9.17, 15) is 8.78 Å². The van der Waals surface area contributed by atoms with Crippen molar-refractivity contribution < 1.29 is 18.3 Å². The Morgan fingerprint density at radius 3 is 2.95 bits per heavy atom. The molecule has 20 heavy (non-hydrogen) atoms. The van der Waals surface area contributed by atoms with Gasteiger partial charge in [-0.05, 0) is 23.9 Å². The Balaban J connectivity index is 2.15. The number of alkyl halides is 2. The molecule has 0 unspecified atom stereocenters. The van der Waals surface area contributed by atoms with Crippen LogP contribution in [0.3, 0.4) is 0 Å². The second-order valence-electron chi connectivity index (χ2n) is 3.81. The van der Waals surface area contributed by atoms with Crippen molar-refractivity contribution in [3.63, 3.8) is 0 Å². The molecule has 0 radical (unpaired) electrons. The van der Waals surface area contributed by atoms with Gasteiger partial charge in [0.2, 0.25) is 0 Å². The number of anilines is 1. The molecule has 9 heteroatoms. The minimum absolute atomic E-state index is 0.0893. The normalized spacial score (nSPS) is 15.1. The molecule has 102 valence electrons. The number of nitrogen functional groups attached to an aromatic ring is 1. The SMILES string of the molecule is N#CSc1c(N)n[nH]c1-c1cccc2c1OC(F)(F)O2. The highest BCUT2D eigenvalue weighted by Gasteiger charge is 2.45. The lowest BCUT2D eigenvalue weighted by Gasteiger charge is -2.06. The first-order chi connectivity index (χ1) is 9.52. The van der Waals surface area contributed by atoms with Gasteiger partial charge in [-0.25, -0.2) is 0 Å². The van der Waals surface area contributed by atoms with E-state index in [1.54, 1.807) is 0 Å². The summed E-state index contributed by atoms with van der Waals surface area (Å²) in [6.07, 6.45) is -3.72. The summed E-state index contributed by atoms with van der Waals surface area (Å²) in [6, 6.07) is 4.42. The van der Waals surface area contributed by atoms with E-state index < -0.39 is 6.29 Å². The van der Waals surface area contributed by atoms with Gasteiger partial charge in [0.1, 0.15) is 5.40 Å². The number of aromatic nitrogens is 2. The number of aromatic amines is 1. The van der Waals surface area contributed by atoms with Gasteiger partial charge in [0.25, 0.3) is 0 Å². The summed E-state index contributed by atoms with van der Waals surface area (Å²) < 4.78 is 35.1.